The van der Waals surface area contributed by atoms with Gasteiger partial charge in [-0.15, -0.1) is 0 Å². The second-order valence-corrected chi connectivity index (χ2v) is 7.72. The predicted molar refractivity (Wildman–Crippen MR) is 103 cm³/mol. The highest BCUT2D eigenvalue weighted by atomic mass is 32.2. The summed E-state index contributed by atoms with van der Waals surface area (Å²) < 4.78 is 34.7. The molecule has 1 aromatic carbocycles. The summed E-state index contributed by atoms with van der Waals surface area (Å²) in [6.45, 7) is 0.120. The molecule has 0 saturated heterocycles. The number of pyridine rings is 1. The third-order valence-corrected chi connectivity index (χ3v) is 5.52. The zero-order valence-electron chi connectivity index (χ0n) is 15.0. The van der Waals surface area contributed by atoms with Crippen LogP contribution in [0, 0.1) is 0 Å². The molecule has 0 unspecified atom stereocenters. The first-order chi connectivity index (χ1) is 13.6. The van der Waals surface area contributed by atoms with Crippen LogP contribution in [0.3, 0.4) is 0 Å². The van der Waals surface area contributed by atoms with Crippen LogP contribution in [0.4, 0.5) is 0 Å². The smallest absolute Gasteiger partial charge is 0.260 e. The van der Waals surface area contributed by atoms with Gasteiger partial charge in [0.05, 0.1) is 19.0 Å². The molecule has 4 aromatic rings. The number of hydrogen-bond acceptors (Lipinski definition) is 6. The van der Waals surface area contributed by atoms with Gasteiger partial charge in [-0.25, -0.2) is 22.6 Å². The fourth-order valence-corrected chi connectivity index (χ4v) is 3.80. The van der Waals surface area contributed by atoms with Gasteiger partial charge < -0.3 is 4.74 Å². The number of methoxy groups -OCH3 is 1. The summed E-state index contributed by atoms with van der Waals surface area (Å²) in [5, 5.41) is 4.40. The molecule has 0 saturated carbocycles. The van der Waals surface area contributed by atoms with Crippen LogP contribution in [0.5, 0.6) is 5.75 Å². The number of benzene rings is 1. The van der Waals surface area contributed by atoms with E-state index in [-0.39, 0.29) is 11.6 Å². The predicted octanol–water partition coefficient (Wildman–Crippen LogP) is 2.28. The minimum atomic E-state index is -3.83. The second-order valence-electron chi connectivity index (χ2n) is 6.00. The van der Waals surface area contributed by atoms with E-state index in [1.54, 1.807) is 55.9 Å². The second kappa shape index (κ2) is 7.37. The molecule has 0 aliphatic heterocycles. The zero-order valence-corrected chi connectivity index (χ0v) is 15.8. The Balaban J connectivity index is 1.65. The average molecular weight is 395 g/mol. The van der Waals surface area contributed by atoms with Gasteiger partial charge in [-0.2, -0.15) is 5.10 Å². The Labute approximate surface area is 161 Å². The van der Waals surface area contributed by atoms with Crippen LogP contribution in [0.2, 0.25) is 0 Å². The fraction of sp³-hybridized carbons (Fsp3) is 0.105. The summed E-state index contributed by atoms with van der Waals surface area (Å²) in [5.41, 5.74) is 2.60. The lowest BCUT2D eigenvalue weighted by Gasteiger charge is -2.08. The molecule has 28 heavy (non-hydrogen) atoms. The molecule has 3 aromatic heterocycles. The van der Waals surface area contributed by atoms with Crippen molar-refractivity contribution >= 4 is 15.7 Å². The highest BCUT2D eigenvalue weighted by Crippen LogP contribution is 2.19. The van der Waals surface area contributed by atoms with E-state index in [1.165, 1.54) is 10.7 Å². The molecule has 0 aliphatic rings. The molecular formula is C19H17N5O3S. The summed E-state index contributed by atoms with van der Waals surface area (Å²) in [5.74, 6) is 0.661. The van der Waals surface area contributed by atoms with Crippen molar-refractivity contribution in [3.05, 3.63) is 72.7 Å². The quantitative estimate of drug-likeness (QED) is 0.538. The summed E-state index contributed by atoms with van der Waals surface area (Å²) in [6.07, 6.45) is 4.63. The molecule has 0 atom stereocenters. The van der Waals surface area contributed by atoms with E-state index in [0.717, 1.165) is 11.1 Å². The van der Waals surface area contributed by atoms with Crippen LogP contribution >= 0.6 is 0 Å². The number of nitrogens with zero attached hydrogens (tertiary/aromatic N) is 4. The van der Waals surface area contributed by atoms with Crippen LogP contribution < -0.4 is 9.46 Å². The number of aromatic nitrogens is 4. The van der Waals surface area contributed by atoms with Crippen molar-refractivity contribution < 1.29 is 13.2 Å². The molecule has 4 rings (SSSR count). The first-order valence-corrected chi connectivity index (χ1v) is 9.93. The Morgan fingerprint density at radius 1 is 1.11 bits per heavy atom. The molecule has 0 aliphatic carbocycles. The van der Waals surface area contributed by atoms with Crippen LogP contribution in [0.15, 0.2) is 72.1 Å². The lowest BCUT2D eigenvalue weighted by Crippen LogP contribution is -2.25. The van der Waals surface area contributed by atoms with Crippen LogP contribution in [0.1, 0.15) is 5.56 Å². The van der Waals surface area contributed by atoms with Gasteiger partial charge in [0.25, 0.3) is 10.0 Å². The summed E-state index contributed by atoms with van der Waals surface area (Å²) in [4.78, 5) is 8.22. The Hall–Kier alpha value is -3.30. The molecule has 3 heterocycles. The van der Waals surface area contributed by atoms with Crippen molar-refractivity contribution in [2.45, 2.75) is 11.6 Å². The van der Waals surface area contributed by atoms with Gasteiger partial charge in [-0.3, -0.25) is 4.98 Å². The Morgan fingerprint density at radius 3 is 2.79 bits per heavy atom. The van der Waals surface area contributed by atoms with Gasteiger partial charge in [-0.1, -0.05) is 12.1 Å². The number of nitrogens with one attached hydrogen (secondary N) is 1. The normalized spacial score (nSPS) is 11.6. The van der Waals surface area contributed by atoms with Crippen molar-refractivity contribution in [1.82, 2.24) is 24.3 Å². The van der Waals surface area contributed by atoms with E-state index >= 15 is 0 Å². The molecular weight excluding hydrogens is 378 g/mol. The maximum atomic E-state index is 12.8. The maximum Gasteiger partial charge on any atom is 0.260 e. The molecule has 0 spiro atoms. The third-order valence-electron chi connectivity index (χ3n) is 4.16. The molecule has 0 radical (unpaired) electrons. The van der Waals surface area contributed by atoms with E-state index in [4.69, 9.17) is 4.74 Å². The number of sulfonamides is 1. The molecule has 0 amide bonds. The van der Waals surface area contributed by atoms with Crippen molar-refractivity contribution in [3.8, 4) is 17.0 Å². The number of hydrogen-bond donors (Lipinski definition) is 1. The van der Waals surface area contributed by atoms with Crippen molar-refractivity contribution in [3.63, 3.8) is 0 Å². The third kappa shape index (κ3) is 3.57. The van der Waals surface area contributed by atoms with Crippen molar-refractivity contribution in [1.29, 1.82) is 0 Å². The molecule has 1 N–H and O–H groups in total. The van der Waals surface area contributed by atoms with Crippen molar-refractivity contribution in [2.24, 2.45) is 0 Å². The zero-order chi connectivity index (χ0) is 19.6. The lowest BCUT2D eigenvalue weighted by atomic mass is 10.2. The fourth-order valence-electron chi connectivity index (χ4n) is 2.74. The SMILES string of the molecule is COc1cccc(CNS(=O)(=O)c2cnc3ccc(-c4cccnc4)nn23)c1. The largest absolute Gasteiger partial charge is 0.497 e. The van der Waals surface area contributed by atoms with E-state index < -0.39 is 10.0 Å². The van der Waals surface area contributed by atoms with E-state index in [1.807, 2.05) is 12.1 Å². The first-order valence-electron chi connectivity index (χ1n) is 8.44. The Kier molecular flexibility index (Phi) is 4.76. The molecule has 0 bridgehead atoms. The summed E-state index contributed by atoms with van der Waals surface area (Å²) >= 11 is 0. The van der Waals surface area contributed by atoms with Crippen molar-refractivity contribution in [2.75, 3.05) is 7.11 Å². The van der Waals surface area contributed by atoms with Crippen LogP contribution in [-0.2, 0) is 16.6 Å². The van der Waals surface area contributed by atoms with Gasteiger partial charge in [0.2, 0.25) is 0 Å². The first kappa shape index (κ1) is 18.1. The van der Waals surface area contributed by atoms with Gasteiger partial charge in [0.1, 0.15) is 5.75 Å². The van der Waals surface area contributed by atoms with Gasteiger partial charge in [0, 0.05) is 24.5 Å². The van der Waals surface area contributed by atoms with Gasteiger partial charge in [0.15, 0.2) is 10.7 Å². The Morgan fingerprint density at radius 2 is 2.00 bits per heavy atom. The Bertz CT molecular complexity index is 1220. The highest BCUT2D eigenvalue weighted by molar-refractivity contribution is 7.89. The minimum Gasteiger partial charge on any atom is -0.497 e. The monoisotopic (exact) mass is 395 g/mol. The van der Waals surface area contributed by atoms with E-state index in [2.05, 4.69) is 19.8 Å². The topological polar surface area (TPSA) is 98.5 Å². The van der Waals surface area contributed by atoms with E-state index in [0.29, 0.717) is 17.1 Å². The number of imidazole rings is 1. The van der Waals surface area contributed by atoms with E-state index in [9.17, 15) is 8.42 Å². The highest BCUT2D eigenvalue weighted by Gasteiger charge is 2.20. The molecule has 0 fully saturated rings. The van der Waals surface area contributed by atoms with Gasteiger partial charge in [-0.05, 0) is 42.0 Å². The number of fused-ring (bicyclic) bond motifs is 1. The maximum absolute atomic E-state index is 12.8. The minimum absolute atomic E-state index is 0.0314. The number of ether oxygens (including phenoxy) is 1. The molecule has 8 nitrogen and oxygen atoms in total. The summed E-state index contributed by atoms with van der Waals surface area (Å²) in [7, 11) is -2.27. The average Bonchev–Trinajstić information content (AvgIpc) is 3.17. The number of rotatable bonds is 6. The summed E-state index contributed by atoms with van der Waals surface area (Å²) in [6, 6.07) is 14.3. The van der Waals surface area contributed by atoms with Gasteiger partial charge >= 0.3 is 0 Å². The van der Waals surface area contributed by atoms with Crippen LogP contribution in [-0.4, -0.2) is 35.1 Å². The standard InChI is InChI=1S/C19H17N5O3S/c1-27-16-6-2-4-14(10-16)11-22-28(25,26)19-13-21-18-8-7-17(23-24(18)19)15-5-3-9-20-12-15/h2-10,12-13,22H,11H2,1H3. The van der Waals surface area contributed by atoms with Crippen LogP contribution in [0.25, 0.3) is 16.9 Å². The molecule has 9 heteroatoms. The lowest BCUT2D eigenvalue weighted by molar-refractivity contribution is 0.414. The molecule has 142 valence electrons.